The van der Waals surface area contributed by atoms with Gasteiger partial charge in [0.25, 0.3) is 0 Å². The summed E-state index contributed by atoms with van der Waals surface area (Å²) in [6.45, 7) is 4.28. The van der Waals surface area contributed by atoms with Gasteiger partial charge in [0.05, 0.1) is 11.9 Å². The van der Waals surface area contributed by atoms with E-state index in [0.29, 0.717) is 16.8 Å². The number of hydrogen-bond acceptors (Lipinski definition) is 6. The molecule has 1 aromatic heterocycles. The number of halogens is 1. The van der Waals surface area contributed by atoms with E-state index in [2.05, 4.69) is 31.7 Å². The van der Waals surface area contributed by atoms with Gasteiger partial charge in [-0.3, -0.25) is 4.99 Å². The fourth-order valence-electron chi connectivity index (χ4n) is 3.19. The van der Waals surface area contributed by atoms with Crippen molar-refractivity contribution in [3.63, 3.8) is 0 Å². The van der Waals surface area contributed by atoms with Crippen molar-refractivity contribution in [2.75, 3.05) is 30.5 Å². The summed E-state index contributed by atoms with van der Waals surface area (Å²) in [5.74, 6) is 0.880. The summed E-state index contributed by atoms with van der Waals surface area (Å²) in [6, 6.07) is 13.6. The van der Waals surface area contributed by atoms with E-state index in [1.54, 1.807) is 19.5 Å². The minimum atomic E-state index is -2.46. The van der Waals surface area contributed by atoms with Crippen LogP contribution in [0.2, 0.25) is 5.02 Å². The van der Waals surface area contributed by atoms with Crippen LogP contribution >= 0.6 is 18.7 Å². The number of anilines is 4. The Balaban J connectivity index is 1.61. The van der Waals surface area contributed by atoms with Gasteiger partial charge >= 0.3 is 0 Å². The maximum absolute atomic E-state index is 12.6. The number of benzene rings is 2. The highest BCUT2D eigenvalue weighted by Gasteiger charge is 2.17. The number of para-hydroxylation sites is 1. The molecule has 29 heavy (non-hydrogen) atoms. The molecule has 0 saturated carbocycles. The second-order valence-electron chi connectivity index (χ2n) is 7.21. The Morgan fingerprint density at radius 1 is 1.10 bits per heavy atom. The molecular weight excluding hydrogens is 405 g/mol. The SMILES string of the molecule is CP(C)(=O)c1ccccc1Nc1nc(Nc2ccc3c(c2)CCN=C3)ncc1Cl. The molecule has 0 radical (unpaired) electrons. The summed E-state index contributed by atoms with van der Waals surface area (Å²) < 4.78 is 12.6. The van der Waals surface area contributed by atoms with Gasteiger partial charge in [-0.15, -0.1) is 0 Å². The van der Waals surface area contributed by atoms with Crippen LogP contribution in [0.25, 0.3) is 0 Å². The highest BCUT2D eigenvalue weighted by Crippen LogP contribution is 2.38. The first kappa shape index (κ1) is 19.6. The third-order valence-corrected chi connectivity index (χ3v) is 6.45. The average Bonchev–Trinajstić information content (AvgIpc) is 2.70. The normalized spacial score (nSPS) is 13.1. The molecule has 1 aliphatic rings. The molecule has 0 unspecified atom stereocenters. The van der Waals surface area contributed by atoms with Gasteiger partial charge in [0.1, 0.15) is 12.2 Å². The van der Waals surface area contributed by atoms with E-state index >= 15 is 0 Å². The Bertz CT molecular complexity index is 1140. The fraction of sp³-hybridized carbons (Fsp3) is 0.190. The first-order valence-electron chi connectivity index (χ1n) is 9.24. The average molecular weight is 426 g/mol. The number of hydrogen-bond donors (Lipinski definition) is 2. The number of aromatic nitrogens is 2. The largest absolute Gasteiger partial charge is 0.338 e. The van der Waals surface area contributed by atoms with Gasteiger partial charge in [-0.05, 0) is 55.1 Å². The van der Waals surface area contributed by atoms with E-state index in [9.17, 15) is 4.57 Å². The molecule has 3 aromatic rings. The molecule has 4 rings (SSSR count). The topological polar surface area (TPSA) is 79.3 Å². The van der Waals surface area contributed by atoms with E-state index in [1.807, 2.05) is 42.6 Å². The molecule has 0 bridgehead atoms. The van der Waals surface area contributed by atoms with Crippen LogP contribution < -0.4 is 15.9 Å². The Kier molecular flexibility index (Phi) is 5.39. The lowest BCUT2D eigenvalue weighted by Crippen LogP contribution is -2.11. The summed E-state index contributed by atoms with van der Waals surface area (Å²) >= 11 is 6.31. The quantitative estimate of drug-likeness (QED) is 0.572. The lowest BCUT2D eigenvalue weighted by atomic mass is 10.0. The van der Waals surface area contributed by atoms with Gasteiger partial charge in [0.15, 0.2) is 5.82 Å². The van der Waals surface area contributed by atoms with Gasteiger partial charge in [-0.1, -0.05) is 29.8 Å². The number of fused-ring (bicyclic) bond motifs is 1. The highest BCUT2D eigenvalue weighted by molar-refractivity contribution is 7.70. The van der Waals surface area contributed by atoms with Crippen molar-refractivity contribution < 1.29 is 4.57 Å². The van der Waals surface area contributed by atoms with Gasteiger partial charge < -0.3 is 15.2 Å². The Hall–Kier alpha value is -2.69. The molecular formula is C21H21ClN5OP. The molecule has 8 heteroatoms. The van der Waals surface area contributed by atoms with Crippen LogP contribution in [-0.2, 0) is 11.0 Å². The predicted molar refractivity (Wildman–Crippen MR) is 122 cm³/mol. The smallest absolute Gasteiger partial charge is 0.229 e. The maximum Gasteiger partial charge on any atom is 0.229 e. The molecule has 0 saturated heterocycles. The van der Waals surface area contributed by atoms with E-state index in [-0.39, 0.29) is 0 Å². The maximum atomic E-state index is 12.6. The molecule has 0 amide bonds. The van der Waals surface area contributed by atoms with Crippen molar-refractivity contribution in [3.05, 3.63) is 64.8 Å². The first-order chi connectivity index (χ1) is 13.9. The first-order valence-corrected chi connectivity index (χ1v) is 12.2. The van der Waals surface area contributed by atoms with Crippen molar-refractivity contribution >= 4 is 53.4 Å². The Morgan fingerprint density at radius 3 is 2.76 bits per heavy atom. The van der Waals surface area contributed by atoms with E-state index in [4.69, 9.17) is 11.6 Å². The van der Waals surface area contributed by atoms with Crippen LogP contribution in [0.3, 0.4) is 0 Å². The van der Waals surface area contributed by atoms with Gasteiger partial charge in [0.2, 0.25) is 5.95 Å². The number of aliphatic imine (C=N–C) groups is 1. The zero-order chi connectivity index (χ0) is 20.4. The highest BCUT2D eigenvalue weighted by atomic mass is 35.5. The van der Waals surface area contributed by atoms with E-state index in [1.165, 1.54) is 5.56 Å². The van der Waals surface area contributed by atoms with Crippen LogP contribution in [0.1, 0.15) is 11.1 Å². The molecule has 6 nitrogen and oxygen atoms in total. The van der Waals surface area contributed by atoms with Gasteiger partial charge in [0, 0.05) is 23.8 Å². The van der Waals surface area contributed by atoms with Crippen LogP contribution in [0.5, 0.6) is 0 Å². The summed E-state index contributed by atoms with van der Waals surface area (Å²) in [5, 5.41) is 7.58. The molecule has 0 atom stereocenters. The van der Waals surface area contributed by atoms with Crippen LogP contribution in [0.4, 0.5) is 23.1 Å². The van der Waals surface area contributed by atoms with Crippen LogP contribution in [0, 0.1) is 0 Å². The van der Waals surface area contributed by atoms with Crippen LogP contribution in [0.15, 0.2) is 53.7 Å². The molecule has 0 fully saturated rings. The lowest BCUT2D eigenvalue weighted by molar-refractivity contribution is 0.588. The second-order valence-corrected chi connectivity index (χ2v) is 10.8. The number of rotatable bonds is 5. The molecule has 148 valence electrons. The third kappa shape index (κ3) is 4.50. The van der Waals surface area contributed by atoms with Gasteiger partial charge in [-0.2, -0.15) is 4.98 Å². The molecule has 1 aliphatic heterocycles. The third-order valence-electron chi connectivity index (χ3n) is 4.62. The minimum Gasteiger partial charge on any atom is -0.338 e. The van der Waals surface area contributed by atoms with Crippen molar-refractivity contribution in [1.82, 2.24) is 9.97 Å². The summed E-state index contributed by atoms with van der Waals surface area (Å²) in [4.78, 5) is 13.1. The minimum absolute atomic E-state index is 0.383. The van der Waals surface area contributed by atoms with Crippen molar-refractivity contribution in [2.45, 2.75) is 6.42 Å². The second kappa shape index (κ2) is 7.97. The standard InChI is InChI=1S/C21H21ClN5OP/c1-29(2,28)19-6-4-3-5-18(19)26-20-17(22)13-24-21(27-20)25-16-8-7-15-12-23-10-9-14(15)11-16/h3-8,11-13H,9-10H2,1-2H3,(H2,24,25,26,27). The van der Waals surface area contributed by atoms with Crippen LogP contribution in [-0.4, -0.2) is 36.1 Å². The Labute approximate surface area is 174 Å². The summed E-state index contributed by atoms with van der Waals surface area (Å²) in [7, 11) is -2.46. The summed E-state index contributed by atoms with van der Waals surface area (Å²) in [6.07, 6.45) is 4.37. The predicted octanol–water partition coefficient (Wildman–Crippen LogP) is 4.84. The van der Waals surface area contributed by atoms with Crippen molar-refractivity contribution in [2.24, 2.45) is 4.99 Å². The summed E-state index contributed by atoms with van der Waals surface area (Å²) in [5.41, 5.74) is 4.01. The zero-order valence-corrected chi connectivity index (χ0v) is 17.8. The number of nitrogens with zero attached hydrogens (tertiary/aromatic N) is 3. The molecule has 2 N–H and O–H groups in total. The van der Waals surface area contributed by atoms with Crippen molar-refractivity contribution in [1.29, 1.82) is 0 Å². The molecule has 2 aromatic carbocycles. The molecule has 2 heterocycles. The monoisotopic (exact) mass is 425 g/mol. The van der Waals surface area contributed by atoms with Gasteiger partial charge in [-0.25, -0.2) is 4.98 Å². The molecule has 0 aliphatic carbocycles. The number of nitrogens with one attached hydrogen (secondary N) is 2. The lowest BCUT2D eigenvalue weighted by Gasteiger charge is -2.16. The zero-order valence-electron chi connectivity index (χ0n) is 16.2. The Morgan fingerprint density at radius 2 is 1.93 bits per heavy atom. The van der Waals surface area contributed by atoms with Crippen molar-refractivity contribution in [3.8, 4) is 0 Å². The molecule has 0 spiro atoms. The fourth-order valence-corrected chi connectivity index (χ4v) is 4.49. The van der Waals surface area contributed by atoms with E-state index < -0.39 is 7.14 Å². The van der Waals surface area contributed by atoms with E-state index in [0.717, 1.165) is 35.2 Å².